The van der Waals surface area contributed by atoms with Crippen LogP contribution in [0.4, 0.5) is 0 Å². The van der Waals surface area contributed by atoms with Crippen molar-refractivity contribution < 1.29 is 24.2 Å². The molecule has 0 aromatic heterocycles. The molecule has 0 saturated carbocycles. The monoisotopic (exact) mass is 422 g/mol. The van der Waals surface area contributed by atoms with E-state index in [4.69, 9.17) is 4.74 Å². The Morgan fingerprint density at radius 1 is 1.13 bits per heavy atom. The van der Waals surface area contributed by atoms with E-state index >= 15 is 0 Å². The number of ether oxygens (including phenoxy) is 1. The highest BCUT2D eigenvalue weighted by molar-refractivity contribution is 5.93. The molecule has 7 heteroatoms. The Morgan fingerprint density at radius 3 is 2.35 bits per heavy atom. The lowest BCUT2D eigenvalue weighted by Gasteiger charge is -2.23. The van der Waals surface area contributed by atoms with Crippen LogP contribution in [0, 0.1) is 5.92 Å². The standard InChI is InChI=1S/C24H26N2O5/c1-15-23(21(28)14-31-15)25-24(30)19(10-16-6-8-20(27)9-7-16)11-22(29)26-12-17-4-2-3-5-18(17)13-26/h2-9,15,19,23,27H,10-14H2,1H3,(H,25,30). The number of benzene rings is 2. The summed E-state index contributed by atoms with van der Waals surface area (Å²) in [5, 5.41) is 12.3. The van der Waals surface area contributed by atoms with Gasteiger partial charge in [0.05, 0.1) is 12.0 Å². The van der Waals surface area contributed by atoms with E-state index in [1.807, 2.05) is 24.3 Å². The van der Waals surface area contributed by atoms with Crippen LogP contribution in [0.25, 0.3) is 0 Å². The summed E-state index contributed by atoms with van der Waals surface area (Å²) in [4.78, 5) is 40.0. The molecule has 2 amide bonds. The maximum Gasteiger partial charge on any atom is 0.224 e. The fraction of sp³-hybridized carbons (Fsp3) is 0.375. The van der Waals surface area contributed by atoms with Crippen molar-refractivity contribution in [3.8, 4) is 5.75 Å². The molecular formula is C24H26N2O5. The number of carbonyl (C=O) groups is 3. The first-order chi connectivity index (χ1) is 14.9. The molecule has 7 nitrogen and oxygen atoms in total. The van der Waals surface area contributed by atoms with Crippen molar-refractivity contribution in [3.63, 3.8) is 0 Å². The molecular weight excluding hydrogens is 396 g/mol. The molecule has 2 aliphatic rings. The van der Waals surface area contributed by atoms with Gasteiger partial charge in [-0.3, -0.25) is 14.4 Å². The number of phenols is 1. The van der Waals surface area contributed by atoms with E-state index < -0.39 is 18.1 Å². The number of nitrogens with one attached hydrogen (secondary N) is 1. The minimum Gasteiger partial charge on any atom is -0.508 e. The van der Waals surface area contributed by atoms with E-state index in [-0.39, 0.29) is 36.4 Å². The van der Waals surface area contributed by atoms with E-state index in [1.54, 1.807) is 36.1 Å². The highest BCUT2D eigenvalue weighted by Crippen LogP contribution is 2.25. The smallest absolute Gasteiger partial charge is 0.224 e. The molecule has 2 aliphatic heterocycles. The second kappa shape index (κ2) is 8.89. The number of ketones is 1. The maximum atomic E-state index is 13.1. The normalized spacial score (nSPS) is 21.1. The van der Waals surface area contributed by atoms with Gasteiger partial charge in [-0.1, -0.05) is 36.4 Å². The van der Waals surface area contributed by atoms with Crippen LogP contribution >= 0.6 is 0 Å². The van der Waals surface area contributed by atoms with Crippen LogP contribution < -0.4 is 5.32 Å². The topological polar surface area (TPSA) is 95.9 Å². The zero-order chi connectivity index (χ0) is 22.0. The Bertz CT molecular complexity index is 963. The van der Waals surface area contributed by atoms with Gasteiger partial charge in [0.15, 0.2) is 5.78 Å². The predicted octanol–water partition coefficient (Wildman–Crippen LogP) is 1.96. The number of aromatic hydroxyl groups is 1. The molecule has 0 spiro atoms. The first kappa shape index (κ1) is 21.1. The van der Waals surface area contributed by atoms with Crippen molar-refractivity contribution in [1.29, 1.82) is 0 Å². The van der Waals surface area contributed by atoms with Crippen LogP contribution in [0.3, 0.4) is 0 Å². The van der Waals surface area contributed by atoms with Gasteiger partial charge in [0.1, 0.15) is 18.4 Å². The third-order valence-corrected chi connectivity index (χ3v) is 6.01. The molecule has 1 saturated heterocycles. The van der Waals surface area contributed by atoms with Crippen LogP contribution in [0.15, 0.2) is 48.5 Å². The maximum absolute atomic E-state index is 13.1. The van der Waals surface area contributed by atoms with Gasteiger partial charge < -0.3 is 20.1 Å². The van der Waals surface area contributed by atoms with Gasteiger partial charge in [-0.25, -0.2) is 0 Å². The third kappa shape index (κ3) is 4.77. The van der Waals surface area contributed by atoms with Crippen molar-refractivity contribution >= 4 is 17.6 Å². The first-order valence-corrected chi connectivity index (χ1v) is 10.5. The number of carbonyl (C=O) groups excluding carboxylic acids is 3. The van der Waals surface area contributed by atoms with Gasteiger partial charge in [0.25, 0.3) is 0 Å². The second-order valence-electron chi connectivity index (χ2n) is 8.26. The molecule has 3 atom stereocenters. The van der Waals surface area contributed by atoms with E-state index in [2.05, 4.69) is 5.32 Å². The van der Waals surface area contributed by atoms with E-state index in [1.165, 1.54) is 0 Å². The summed E-state index contributed by atoms with van der Waals surface area (Å²) in [7, 11) is 0. The SMILES string of the molecule is CC1OCC(=O)C1NC(=O)C(CC(=O)N1Cc2ccccc2C1)Cc1ccc(O)cc1. The Morgan fingerprint density at radius 2 is 1.77 bits per heavy atom. The molecule has 2 N–H and O–H groups in total. The number of fused-ring (bicyclic) bond motifs is 1. The molecule has 2 aromatic carbocycles. The zero-order valence-corrected chi connectivity index (χ0v) is 17.4. The Balaban J connectivity index is 1.47. The highest BCUT2D eigenvalue weighted by atomic mass is 16.5. The number of hydrogen-bond acceptors (Lipinski definition) is 5. The van der Waals surface area contributed by atoms with E-state index in [0.717, 1.165) is 16.7 Å². The Hall–Kier alpha value is -3.19. The molecule has 2 aromatic rings. The number of hydrogen-bond donors (Lipinski definition) is 2. The number of nitrogens with zero attached hydrogens (tertiary/aromatic N) is 1. The average molecular weight is 422 g/mol. The van der Waals surface area contributed by atoms with Gasteiger partial charge >= 0.3 is 0 Å². The first-order valence-electron chi connectivity index (χ1n) is 10.5. The molecule has 4 rings (SSSR count). The number of phenolic OH excluding ortho intramolecular Hbond substituents is 1. The fourth-order valence-corrected chi connectivity index (χ4v) is 4.15. The van der Waals surface area contributed by atoms with Gasteiger partial charge in [-0.15, -0.1) is 0 Å². The van der Waals surface area contributed by atoms with Crippen LogP contribution in [0.5, 0.6) is 5.75 Å². The minimum absolute atomic E-state index is 0.0142. The number of rotatable bonds is 6. The van der Waals surface area contributed by atoms with Gasteiger partial charge in [-0.05, 0) is 42.2 Å². The van der Waals surface area contributed by atoms with Crippen molar-refractivity contribution in [1.82, 2.24) is 10.2 Å². The van der Waals surface area contributed by atoms with Crippen molar-refractivity contribution in [2.45, 2.75) is 45.0 Å². The lowest BCUT2D eigenvalue weighted by molar-refractivity contribution is -0.137. The molecule has 0 bridgehead atoms. The molecule has 3 unspecified atom stereocenters. The largest absolute Gasteiger partial charge is 0.508 e. The highest BCUT2D eigenvalue weighted by Gasteiger charge is 2.36. The molecule has 162 valence electrons. The quantitative estimate of drug-likeness (QED) is 0.742. The van der Waals surface area contributed by atoms with Crippen molar-refractivity contribution in [2.75, 3.05) is 6.61 Å². The molecule has 0 radical (unpaired) electrons. The summed E-state index contributed by atoms with van der Waals surface area (Å²) in [6, 6.07) is 13.8. The number of amides is 2. The summed E-state index contributed by atoms with van der Waals surface area (Å²) in [5.74, 6) is -1.10. The predicted molar refractivity (Wildman–Crippen MR) is 113 cm³/mol. The summed E-state index contributed by atoms with van der Waals surface area (Å²) in [6.07, 6.45) is -0.0272. The fourth-order valence-electron chi connectivity index (χ4n) is 4.15. The number of Topliss-reactive ketones (excluding diaryl/α,β-unsaturated/α-hetero) is 1. The molecule has 0 aliphatic carbocycles. The Kier molecular flexibility index (Phi) is 6.04. The van der Waals surface area contributed by atoms with Crippen LogP contribution in [-0.4, -0.2) is 46.4 Å². The lowest BCUT2D eigenvalue weighted by atomic mass is 9.93. The van der Waals surface area contributed by atoms with E-state index in [9.17, 15) is 19.5 Å². The van der Waals surface area contributed by atoms with Crippen LogP contribution in [-0.2, 0) is 38.6 Å². The van der Waals surface area contributed by atoms with Crippen LogP contribution in [0.1, 0.15) is 30.0 Å². The van der Waals surface area contributed by atoms with Gasteiger partial charge in [0, 0.05) is 19.5 Å². The van der Waals surface area contributed by atoms with Crippen molar-refractivity contribution in [3.05, 3.63) is 65.2 Å². The summed E-state index contributed by atoms with van der Waals surface area (Å²) < 4.78 is 5.32. The van der Waals surface area contributed by atoms with E-state index in [0.29, 0.717) is 19.5 Å². The second-order valence-corrected chi connectivity index (χ2v) is 8.26. The minimum atomic E-state index is -0.694. The summed E-state index contributed by atoms with van der Waals surface area (Å²) >= 11 is 0. The molecule has 31 heavy (non-hydrogen) atoms. The molecule has 1 fully saturated rings. The van der Waals surface area contributed by atoms with Gasteiger partial charge in [-0.2, -0.15) is 0 Å². The average Bonchev–Trinajstić information content (AvgIpc) is 3.33. The third-order valence-electron chi connectivity index (χ3n) is 6.01. The summed E-state index contributed by atoms with van der Waals surface area (Å²) in [5.41, 5.74) is 3.08. The lowest BCUT2D eigenvalue weighted by Crippen LogP contribution is -2.47. The molecule has 2 heterocycles. The van der Waals surface area contributed by atoms with Gasteiger partial charge in [0.2, 0.25) is 11.8 Å². The summed E-state index contributed by atoms with van der Waals surface area (Å²) in [6.45, 7) is 2.81. The van der Waals surface area contributed by atoms with Crippen molar-refractivity contribution in [2.24, 2.45) is 5.92 Å². The van der Waals surface area contributed by atoms with Crippen LogP contribution in [0.2, 0.25) is 0 Å². The zero-order valence-electron chi connectivity index (χ0n) is 17.4. The Labute approximate surface area is 181 Å².